The van der Waals surface area contributed by atoms with Gasteiger partial charge in [0.2, 0.25) is 11.8 Å². The normalized spacial score (nSPS) is 18.0. The van der Waals surface area contributed by atoms with Gasteiger partial charge >= 0.3 is 0 Å². The number of carbonyl (C=O) groups is 2. The first-order valence-electron chi connectivity index (χ1n) is 7.03. The number of aryl methyl sites for hydroxylation is 2. The van der Waals surface area contributed by atoms with E-state index in [0.717, 1.165) is 22.4 Å². The first kappa shape index (κ1) is 13.6. The van der Waals surface area contributed by atoms with Gasteiger partial charge in [0, 0.05) is 20.0 Å². The molecule has 1 aromatic carbocycles. The van der Waals surface area contributed by atoms with Crippen molar-refractivity contribution in [3.8, 4) is 0 Å². The van der Waals surface area contributed by atoms with Crippen molar-refractivity contribution in [2.24, 2.45) is 7.05 Å². The van der Waals surface area contributed by atoms with E-state index >= 15 is 0 Å². The third-order valence-electron chi connectivity index (χ3n) is 3.95. The molecule has 1 saturated heterocycles. The molecule has 2 amide bonds. The van der Waals surface area contributed by atoms with E-state index in [-0.39, 0.29) is 11.8 Å². The molecule has 1 unspecified atom stereocenters. The number of hydrogen-bond acceptors (Lipinski definition) is 3. The first-order valence-corrected chi connectivity index (χ1v) is 7.03. The van der Waals surface area contributed by atoms with Crippen molar-refractivity contribution in [2.45, 2.75) is 32.4 Å². The van der Waals surface area contributed by atoms with Crippen molar-refractivity contribution in [1.82, 2.24) is 20.2 Å². The minimum atomic E-state index is -0.390. The molecule has 1 aliphatic rings. The highest BCUT2D eigenvalue weighted by Gasteiger charge is 2.26. The van der Waals surface area contributed by atoms with Crippen LogP contribution in [-0.2, 0) is 23.2 Å². The number of fused-ring (bicyclic) bond motifs is 1. The van der Waals surface area contributed by atoms with Crippen LogP contribution in [0.5, 0.6) is 0 Å². The number of nitrogens with zero attached hydrogens (tertiary/aromatic N) is 2. The molecule has 110 valence electrons. The van der Waals surface area contributed by atoms with Crippen LogP contribution in [0.25, 0.3) is 11.0 Å². The van der Waals surface area contributed by atoms with Gasteiger partial charge in [-0.25, -0.2) is 4.98 Å². The monoisotopic (exact) mass is 286 g/mol. The first-order chi connectivity index (χ1) is 10.0. The van der Waals surface area contributed by atoms with Gasteiger partial charge in [0.15, 0.2) is 0 Å². The number of nitrogens with one attached hydrogen (secondary N) is 2. The zero-order valence-electron chi connectivity index (χ0n) is 12.1. The summed E-state index contributed by atoms with van der Waals surface area (Å²) in [6, 6.07) is 5.58. The number of hydrogen-bond donors (Lipinski definition) is 2. The van der Waals surface area contributed by atoms with E-state index in [1.165, 1.54) is 0 Å². The summed E-state index contributed by atoms with van der Waals surface area (Å²) < 4.78 is 2.03. The lowest BCUT2D eigenvalue weighted by Crippen LogP contribution is -2.41. The number of rotatable bonds is 3. The predicted octanol–water partition coefficient (Wildman–Crippen LogP) is 0.777. The Bertz CT molecular complexity index is 720. The Morgan fingerprint density at radius 3 is 3.05 bits per heavy atom. The van der Waals surface area contributed by atoms with E-state index in [4.69, 9.17) is 0 Å². The average Bonchev–Trinajstić information content (AvgIpc) is 3.01. The van der Waals surface area contributed by atoms with E-state index in [1.807, 2.05) is 36.7 Å². The highest BCUT2D eigenvalue weighted by molar-refractivity contribution is 5.90. The smallest absolute Gasteiger partial charge is 0.242 e. The Kier molecular flexibility index (Phi) is 3.37. The molecule has 6 heteroatoms. The summed E-state index contributed by atoms with van der Waals surface area (Å²) in [7, 11) is 1.98. The number of carbonyl (C=O) groups excluding carboxylic acids is 2. The summed E-state index contributed by atoms with van der Waals surface area (Å²) in [6.07, 6.45) is 1.00. The minimum Gasteiger partial charge on any atom is -0.350 e. The zero-order valence-corrected chi connectivity index (χ0v) is 12.1. The van der Waals surface area contributed by atoms with Crippen molar-refractivity contribution < 1.29 is 9.59 Å². The van der Waals surface area contributed by atoms with Gasteiger partial charge in [-0.1, -0.05) is 6.07 Å². The lowest BCUT2D eigenvalue weighted by atomic mass is 10.2. The van der Waals surface area contributed by atoms with Crippen molar-refractivity contribution in [1.29, 1.82) is 0 Å². The quantitative estimate of drug-likeness (QED) is 0.875. The van der Waals surface area contributed by atoms with Crippen LogP contribution in [0.2, 0.25) is 0 Å². The summed E-state index contributed by atoms with van der Waals surface area (Å²) >= 11 is 0. The molecule has 2 N–H and O–H groups in total. The molecule has 0 radical (unpaired) electrons. The molecule has 2 aromatic rings. The van der Waals surface area contributed by atoms with Gasteiger partial charge in [-0.3, -0.25) is 9.59 Å². The molecule has 1 aliphatic heterocycles. The molecule has 1 aromatic heterocycles. The molecule has 0 aliphatic carbocycles. The van der Waals surface area contributed by atoms with Gasteiger partial charge in [-0.2, -0.15) is 0 Å². The second-order valence-electron chi connectivity index (χ2n) is 5.42. The minimum absolute atomic E-state index is 0.0551. The van der Waals surface area contributed by atoms with E-state index in [2.05, 4.69) is 15.6 Å². The maximum Gasteiger partial charge on any atom is 0.242 e. The molecule has 1 fully saturated rings. The van der Waals surface area contributed by atoms with E-state index in [9.17, 15) is 9.59 Å². The summed E-state index contributed by atoms with van der Waals surface area (Å²) in [5.41, 5.74) is 3.00. The lowest BCUT2D eigenvalue weighted by Gasteiger charge is -2.10. The van der Waals surface area contributed by atoms with Crippen molar-refractivity contribution >= 4 is 22.8 Å². The molecule has 0 spiro atoms. The van der Waals surface area contributed by atoms with E-state index < -0.39 is 6.04 Å². The van der Waals surface area contributed by atoms with Crippen molar-refractivity contribution in [3.63, 3.8) is 0 Å². The zero-order chi connectivity index (χ0) is 15.0. The van der Waals surface area contributed by atoms with Crippen molar-refractivity contribution in [3.05, 3.63) is 29.6 Å². The second-order valence-corrected chi connectivity index (χ2v) is 5.42. The van der Waals surface area contributed by atoms with Crippen LogP contribution in [0.3, 0.4) is 0 Å². The Hall–Kier alpha value is -2.37. The van der Waals surface area contributed by atoms with E-state index in [0.29, 0.717) is 19.4 Å². The molecule has 21 heavy (non-hydrogen) atoms. The molecular formula is C15H18N4O2. The Balaban J connectivity index is 1.68. The van der Waals surface area contributed by atoms with Crippen molar-refractivity contribution in [2.75, 3.05) is 0 Å². The number of benzene rings is 1. The van der Waals surface area contributed by atoms with Crippen LogP contribution in [-0.4, -0.2) is 27.4 Å². The highest BCUT2D eigenvalue weighted by Crippen LogP contribution is 2.16. The van der Waals surface area contributed by atoms with Crippen LogP contribution in [0, 0.1) is 6.92 Å². The van der Waals surface area contributed by atoms with Crippen LogP contribution >= 0.6 is 0 Å². The third kappa shape index (κ3) is 2.61. The van der Waals surface area contributed by atoms with Gasteiger partial charge in [-0.15, -0.1) is 0 Å². The summed E-state index contributed by atoms with van der Waals surface area (Å²) in [5, 5.41) is 5.52. The molecule has 6 nitrogen and oxygen atoms in total. The predicted molar refractivity (Wildman–Crippen MR) is 78.5 cm³/mol. The number of amides is 2. The van der Waals surface area contributed by atoms with Gasteiger partial charge < -0.3 is 15.2 Å². The fraction of sp³-hybridized carbons (Fsp3) is 0.400. The molecule has 3 rings (SSSR count). The van der Waals surface area contributed by atoms with Gasteiger partial charge in [0.05, 0.1) is 11.0 Å². The van der Waals surface area contributed by atoms with Crippen LogP contribution in [0.1, 0.15) is 24.2 Å². The van der Waals surface area contributed by atoms with Gasteiger partial charge in [0.1, 0.15) is 11.9 Å². The summed E-state index contributed by atoms with van der Waals surface area (Å²) in [4.78, 5) is 27.5. The van der Waals surface area contributed by atoms with Crippen LogP contribution < -0.4 is 10.6 Å². The van der Waals surface area contributed by atoms with E-state index in [1.54, 1.807) is 0 Å². The molecule has 0 bridgehead atoms. The van der Waals surface area contributed by atoms with Gasteiger partial charge in [0.25, 0.3) is 0 Å². The highest BCUT2D eigenvalue weighted by atomic mass is 16.2. The fourth-order valence-corrected chi connectivity index (χ4v) is 2.60. The fourth-order valence-electron chi connectivity index (χ4n) is 2.60. The molecule has 0 saturated carbocycles. The SMILES string of the molecule is Cc1nc2cc(CNC(=O)C3CCC(=O)N3)ccc2n1C. The molecular weight excluding hydrogens is 268 g/mol. The topological polar surface area (TPSA) is 76.0 Å². The maximum absolute atomic E-state index is 11.9. The lowest BCUT2D eigenvalue weighted by molar-refractivity contribution is -0.125. The summed E-state index contributed by atoms with van der Waals surface area (Å²) in [5.74, 6) is 0.776. The number of imidazole rings is 1. The Morgan fingerprint density at radius 2 is 2.33 bits per heavy atom. The third-order valence-corrected chi connectivity index (χ3v) is 3.95. The summed E-state index contributed by atoms with van der Waals surface area (Å²) in [6.45, 7) is 2.40. The molecule has 2 heterocycles. The molecule has 1 atom stereocenters. The number of aromatic nitrogens is 2. The maximum atomic E-state index is 11.9. The second kappa shape index (κ2) is 5.20. The Labute approximate surface area is 122 Å². The standard InChI is InChI=1S/C15H18N4O2/c1-9-17-12-7-10(3-5-13(12)19(9)2)8-16-15(21)11-4-6-14(20)18-11/h3,5,7,11H,4,6,8H2,1-2H3,(H,16,21)(H,18,20). The van der Waals surface area contributed by atoms with Crippen LogP contribution in [0.15, 0.2) is 18.2 Å². The van der Waals surface area contributed by atoms with Gasteiger partial charge in [-0.05, 0) is 31.0 Å². The van der Waals surface area contributed by atoms with Crippen LogP contribution in [0.4, 0.5) is 0 Å². The largest absolute Gasteiger partial charge is 0.350 e. The Morgan fingerprint density at radius 1 is 1.52 bits per heavy atom. The average molecular weight is 286 g/mol.